The van der Waals surface area contributed by atoms with Gasteiger partial charge in [0.25, 0.3) is 0 Å². The Morgan fingerprint density at radius 3 is 2.50 bits per heavy atom. The summed E-state index contributed by atoms with van der Waals surface area (Å²) in [6, 6.07) is 5.52. The lowest BCUT2D eigenvalue weighted by molar-refractivity contribution is 0.0152. The first-order valence-corrected chi connectivity index (χ1v) is 8.38. The van der Waals surface area contributed by atoms with E-state index in [1.807, 2.05) is 26.8 Å². The number of carbonyl (C=O) groups excluding carboxylic acids is 2. The van der Waals surface area contributed by atoms with Crippen LogP contribution in [0.4, 0.5) is 4.79 Å². The highest BCUT2D eigenvalue weighted by atomic mass is 16.6. The highest BCUT2D eigenvalue weighted by Gasteiger charge is 2.29. The number of carbonyl (C=O) groups is 2. The van der Waals surface area contributed by atoms with Gasteiger partial charge in [0.1, 0.15) is 11.3 Å². The molecule has 132 valence electrons. The minimum atomic E-state index is -0.485. The number of pyridine rings is 1. The van der Waals surface area contributed by atoms with Crippen molar-refractivity contribution in [3.63, 3.8) is 0 Å². The molecule has 1 aromatic rings. The van der Waals surface area contributed by atoms with E-state index in [0.717, 1.165) is 25.9 Å². The smallest absolute Gasteiger partial charge is 0.410 e. The van der Waals surface area contributed by atoms with Crippen LogP contribution in [0.15, 0.2) is 24.4 Å². The number of ether oxygens (including phenoxy) is 1. The molecule has 1 amide bonds. The van der Waals surface area contributed by atoms with Crippen LogP contribution < -0.4 is 0 Å². The molecule has 0 unspecified atom stereocenters. The predicted molar refractivity (Wildman–Crippen MR) is 92.0 cm³/mol. The summed E-state index contributed by atoms with van der Waals surface area (Å²) >= 11 is 0. The molecule has 0 aliphatic carbocycles. The number of rotatable bonds is 4. The van der Waals surface area contributed by atoms with Crippen LogP contribution in [0.5, 0.6) is 0 Å². The zero-order chi connectivity index (χ0) is 17.7. The van der Waals surface area contributed by atoms with Gasteiger partial charge in [-0.15, -0.1) is 0 Å². The summed E-state index contributed by atoms with van der Waals surface area (Å²) in [6.45, 7) is 7.55. The Hall–Kier alpha value is -1.95. The van der Waals surface area contributed by atoms with Crippen LogP contribution in [0.2, 0.25) is 0 Å². The van der Waals surface area contributed by atoms with Crippen LogP contribution in [0.1, 0.15) is 44.1 Å². The number of aromatic nitrogens is 1. The number of hydrogen-bond acceptors (Lipinski definition) is 5. The van der Waals surface area contributed by atoms with Crippen LogP contribution in [0.25, 0.3) is 0 Å². The van der Waals surface area contributed by atoms with E-state index < -0.39 is 5.60 Å². The van der Waals surface area contributed by atoms with Crippen molar-refractivity contribution in [2.75, 3.05) is 26.7 Å². The van der Waals surface area contributed by atoms with Gasteiger partial charge in [0.15, 0.2) is 5.78 Å². The van der Waals surface area contributed by atoms with E-state index in [1.165, 1.54) is 0 Å². The molecule has 0 N–H and O–H groups in total. The number of nitrogens with zero attached hydrogens (tertiary/aromatic N) is 3. The summed E-state index contributed by atoms with van der Waals surface area (Å²) in [4.78, 5) is 32.2. The minimum absolute atomic E-state index is 0.0366. The summed E-state index contributed by atoms with van der Waals surface area (Å²) in [5, 5.41) is 0. The van der Waals surface area contributed by atoms with E-state index in [2.05, 4.69) is 9.88 Å². The highest BCUT2D eigenvalue weighted by Crippen LogP contribution is 2.18. The molecule has 0 spiro atoms. The van der Waals surface area contributed by atoms with Gasteiger partial charge in [-0.1, -0.05) is 6.07 Å². The van der Waals surface area contributed by atoms with Crippen molar-refractivity contribution in [3.05, 3.63) is 30.1 Å². The predicted octanol–water partition coefficient (Wildman–Crippen LogP) is 2.60. The number of hydrogen-bond donors (Lipinski definition) is 0. The second-order valence-electron chi connectivity index (χ2n) is 7.24. The van der Waals surface area contributed by atoms with Gasteiger partial charge in [0, 0.05) is 32.4 Å². The van der Waals surface area contributed by atoms with Crippen molar-refractivity contribution in [1.29, 1.82) is 0 Å². The average Bonchev–Trinajstić information content (AvgIpc) is 2.54. The summed E-state index contributed by atoms with van der Waals surface area (Å²) in [5.74, 6) is 0.0366. The summed E-state index contributed by atoms with van der Waals surface area (Å²) in [6.07, 6.45) is 3.02. The largest absolute Gasteiger partial charge is 0.444 e. The van der Waals surface area contributed by atoms with Crippen LogP contribution in [0.3, 0.4) is 0 Å². The summed E-state index contributed by atoms with van der Waals surface area (Å²) in [7, 11) is 1.79. The third kappa shape index (κ3) is 5.30. The highest BCUT2D eigenvalue weighted by molar-refractivity contribution is 5.95. The summed E-state index contributed by atoms with van der Waals surface area (Å²) < 4.78 is 5.41. The maximum absolute atomic E-state index is 12.2. The number of amides is 1. The standard InChI is InChI=1S/C18H27N3O3/c1-18(2,3)24-17(23)20(4)14-8-11-21(12-9-14)13-16(22)15-7-5-6-10-19-15/h5-7,10,14H,8-9,11-13H2,1-4H3. The van der Waals surface area contributed by atoms with Gasteiger partial charge in [-0.25, -0.2) is 4.79 Å². The lowest BCUT2D eigenvalue weighted by Gasteiger charge is -2.37. The molecule has 24 heavy (non-hydrogen) atoms. The number of Topliss-reactive ketones (excluding diaryl/α,β-unsaturated/α-hetero) is 1. The minimum Gasteiger partial charge on any atom is -0.444 e. The Labute approximate surface area is 143 Å². The lowest BCUT2D eigenvalue weighted by Crippen LogP contribution is -2.47. The Morgan fingerprint density at radius 2 is 1.96 bits per heavy atom. The molecule has 1 aliphatic heterocycles. The van der Waals surface area contributed by atoms with E-state index in [4.69, 9.17) is 4.74 Å². The first kappa shape index (κ1) is 18.4. The van der Waals surface area contributed by atoms with Gasteiger partial charge < -0.3 is 9.64 Å². The Kier molecular flexibility index (Phi) is 5.94. The van der Waals surface area contributed by atoms with Gasteiger partial charge >= 0.3 is 6.09 Å². The molecular formula is C18H27N3O3. The van der Waals surface area contributed by atoms with E-state index in [1.54, 1.807) is 30.3 Å². The van der Waals surface area contributed by atoms with Crippen molar-refractivity contribution < 1.29 is 14.3 Å². The maximum Gasteiger partial charge on any atom is 0.410 e. The molecule has 6 nitrogen and oxygen atoms in total. The molecule has 0 saturated carbocycles. The molecular weight excluding hydrogens is 306 g/mol. The Morgan fingerprint density at radius 1 is 1.29 bits per heavy atom. The molecule has 6 heteroatoms. The second-order valence-corrected chi connectivity index (χ2v) is 7.24. The van der Waals surface area contributed by atoms with Gasteiger partial charge in [0.05, 0.1) is 6.54 Å². The van der Waals surface area contributed by atoms with Crippen molar-refractivity contribution in [3.8, 4) is 0 Å². The SMILES string of the molecule is CN(C(=O)OC(C)(C)C)C1CCN(CC(=O)c2ccccn2)CC1. The fraction of sp³-hybridized carbons (Fsp3) is 0.611. The Balaban J connectivity index is 1.81. The van der Waals surface area contributed by atoms with Gasteiger partial charge in [-0.2, -0.15) is 0 Å². The van der Waals surface area contributed by atoms with E-state index in [9.17, 15) is 9.59 Å². The van der Waals surface area contributed by atoms with E-state index in [-0.39, 0.29) is 17.9 Å². The molecule has 0 bridgehead atoms. The van der Waals surface area contributed by atoms with E-state index >= 15 is 0 Å². The van der Waals surface area contributed by atoms with Crippen molar-refractivity contribution in [2.45, 2.75) is 45.3 Å². The fourth-order valence-corrected chi connectivity index (χ4v) is 2.76. The summed E-state index contributed by atoms with van der Waals surface area (Å²) in [5.41, 5.74) is 0.0201. The average molecular weight is 333 g/mol. The first-order valence-electron chi connectivity index (χ1n) is 8.38. The molecule has 2 heterocycles. The van der Waals surface area contributed by atoms with Crippen molar-refractivity contribution in [1.82, 2.24) is 14.8 Å². The molecule has 1 aromatic heterocycles. The van der Waals surface area contributed by atoms with Gasteiger partial charge in [-0.3, -0.25) is 14.7 Å². The monoisotopic (exact) mass is 333 g/mol. The second kappa shape index (κ2) is 7.75. The van der Waals surface area contributed by atoms with Crippen molar-refractivity contribution >= 4 is 11.9 Å². The molecule has 0 atom stereocenters. The molecule has 1 aliphatic rings. The lowest BCUT2D eigenvalue weighted by atomic mass is 10.0. The zero-order valence-electron chi connectivity index (χ0n) is 15.0. The maximum atomic E-state index is 12.2. The van der Waals surface area contributed by atoms with Crippen LogP contribution >= 0.6 is 0 Å². The third-order valence-corrected chi connectivity index (χ3v) is 4.10. The fourth-order valence-electron chi connectivity index (χ4n) is 2.76. The number of ketones is 1. The van der Waals surface area contributed by atoms with Crippen molar-refractivity contribution in [2.24, 2.45) is 0 Å². The normalized spacial score (nSPS) is 16.7. The molecule has 1 fully saturated rings. The quantitative estimate of drug-likeness (QED) is 0.793. The first-order chi connectivity index (χ1) is 11.3. The molecule has 0 aromatic carbocycles. The molecule has 1 saturated heterocycles. The van der Waals surface area contributed by atoms with Crippen LogP contribution in [-0.4, -0.2) is 65.0 Å². The van der Waals surface area contributed by atoms with Crippen LogP contribution in [0, 0.1) is 0 Å². The number of likely N-dealkylation sites (tertiary alicyclic amines) is 1. The zero-order valence-corrected chi connectivity index (χ0v) is 15.0. The molecule has 0 radical (unpaired) electrons. The van der Waals surface area contributed by atoms with Gasteiger partial charge in [-0.05, 0) is 45.7 Å². The Bertz CT molecular complexity index is 561. The van der Waals surface area contributed by atoms with E-state index in [0.29, 0.717) is 12.2 Å². The number of piperidine rings is 1. The topological polar surface area (TPSA) is 62.7 Å². The third-order valence-electron chi connectivity index (χ3n) is 4.10. The van der Waals surface area contributed by atoms with Gasteiger partial charge in [0.2, 0.25) is 0 Å². The van der Waals surface area contributed by atoms with Crippen LogP contribution in [-0.2, 0) is 4.74 Å². The molecule has 2 rings (SSSR count).